The summed E-state index contributed by atoms with van der Waals surface area (Å²) >= 11 is 1.46. The summed E-state index contributed by atoms with van der Waals surface area (Å²) in [6.07, 6.45) is 0. The van der Waals surface area contributed by atoms with Gasteiger partial charge in [0.1, 0.15) is 0 Å². The maximum Gasteiger partial charge on any atom is 0.279 e. The fourth-order valence-electron chi connectivity index (χ4n) is 4.09. The van der Waals surface area contributed by atoms with E-state index in [-0.39, 0.29) is 17.9 Å². The topological polar surface area (TPSA) is 81.9 Å². The van der Waals surface area contributed by atoms with E-state index in [1.807, 2.05) is 73.9 Å². The SMILES string of the molecule is COc1ccc(C(=O)N=c2sc(C)c(C)n2Cc2cccc(C(=O)N[C@H](C)c3ccccc3)c2)cc1OC. The first kappa shape index (κ1) is 26.9. The van der Waals surface area contributed by atoms with Crippen molar-refractivity contribution in [1.82, 2.24) is 9.88 Å². The molecule has 0 fully saturated rings. The van der Waals surface area contributed by atoms with Crippen molar-refractivity contribution >= 4 is 23.2 Å². The normalized spacial score (nSPS) is 12.2. The van der Waals surface area contributed by atoms with Gasteiger partial charge in [0.15, 0.2) is 16.3 Å². The van der Waals surface area contributed by atoms with E-state index < -0.39 is 0 Å². The third kappa shape index (κ3) is 6.03. The summed E-state index contributed by atoms with van der Waals surface area (Å²) in [5.41, 5.74) is 3.98. The van der Waals surface area contributed by atoms with Gasteiger partial charge in [0, 0.05) is 21.7 Å². The van der Waals surface area contributed by atoms with Crippen LogP contribution in [0.5, 0.6) is 11.5 Å². The van der Waals surface area contributed by atoms with Crippen LogP contribution in [0.25, 0.3) is 0 Å². The molecule has 0 radical (unpaired) electrons. The summed E-state index contributed by atoms with van der Waals surface area (Å²) in [4.78, 5) is 32.1. The number of nitrogens with one attached hydrogen (secondary N) is 1. The molecule has 196 valence electrons. The van der Waals surface area contributed by atoms with Gasteiger partial charge in [0.25, 0.3) is 11.8 Å². The Morgan fingerprint density at radius 1 is 0.921 bits per heavy atom. The van der Waals surface area contributed by atoms with Crippen LogP contribution < -0.4 is 19.6 Å². The van der Waals surface area contributed by atoms with Crippen molar-refractivity contribution in [3.63, 3.8) is 0 Å². The Morgan fingerprint density at radius 3 is 2.37 bits per heavy atom. The van der Waals surface area contributed by atoms with Gasteiger partial charge in [-0.3, -0.25) is 9.59 Å². The molecule has 4 aromatic rings. The Labute approximate surface area is 226 Å². The molecule has 0 aliphatic carbocycles. The Morgan fingerprint density at radius 2 is 1.66 bits per heavy atom. The van der Waals surface area contributed by atoms with E-state index in [1.165, 1.54) is 18.4 Å². The second kappa shape index (κ2) is 11.9. The Balaban J connectivity index is 1.58. The molecule has 1 N–H and O–H groups in total. The first-order valence-corrected chi connectivity index (χ1v) is 13.0. The minimum Gasteiger partial charge on any atom is -0.493 e. The number of benzene rings is 3. The van der Waals surface area contributed by atoms with Gasteiger partial charge in [0.2, 0.25) is 0 Å². The standard InChI is InChI=1S/C30H31N3O4S/c1-19(23-11-7-6-8-12-23)31-28(34)24-13-9-10-22(16-24)18-33-20(2)21(3)38-30(33)32-29(35)25-14-15-26(36-4)27(17-25)37-5/h6-17,19H,18H2,1-5H3,(H,31,34)/t19-/m1/s1. The maximum absolute atomic E-state index is 13.0. The Kier molecular flexibility index (Phi) is 8.43. The van der Waals surface area contributed by atoms with Crippen LogP contribution in [-0.2, 0) is 6.54 Å². The highest BCUT2D eigenvalue weighted by Crippen LogP contribution is 2.27. The second-order valence-corrected chi connectivity index (χ2v) is 10.1. The summed E-state index contributed by atoms with van der Waals surface area (Å²) in [6, 6.07) is 22.3. The Bertz CT molecular complexity index is 1520. The highest BCUT2D eigenvalue weighted by molar-refractivity contribution is 7.09. The molecule has 0 spiro atoms. The van der Waals surface area contributed by atoms with Crippen LogP contribution in [0.1, 0.15) is 55.4 Å². The predicted octanol–water partition coefficient (Wildman–Crippen LogP) is 5.46. The zero-order chi connectivity index (χ0) is 27.2. The number of aromatic nitrogens is 1. The lowest BCUT2D eigenvalue weighted by atomic mass is 10.1. The summed E-state index contributed by atoms with van der Waals surface area (Å²) in [7, 11) is 3.08. The lowest BCUT2D eigenvalue weighted by Gasteiger charge is -2.15. The van der Waals surface area contributed by atoms with Crippen molar-refractivity contribution in [2.45, 2.75) is 33.4 Å². The van der Waals surface area contributed by atoms with Crippen molar-refractivity contribution in [2.75, 3.05) is 14.2 Å². The lowest BCUT2D eigenvalue weighted by Crippen LogP contribution is -2.26. The number of hydrogen-bond donors (Lipinski definition) is 1. The highest BCUT2D eigenvalue weighted by atomic mass is 32.1. The van der Waals surface area contributed by atoms with Gasteiger partial charge in [-0.15, -0.1) is 11.3 Å². The number of thiazole rings is 1. The van der Waals surface area contributed by atoms with Gasteiger partial charge in [0.05, 0.1) is 26.8 Å². The van der Waals surface area contributed by atoms with Crippen LogP contribution >= 0.6 is 11.3 Å². The van der Waals surface area contributed by atoms with Crippen molar-refractivity contribution in [3.8, 4) is 11.5 Å². The van der Waals surface area contributed by atoms with Gasteiger partial charge in [-0.2, -0.15) is 4.99 Å². The third-order valence-electron chi connectivity index (χ3n) is 6.39. The van der Waals surface area contributed by atoms with Crippen molar-refractivity contribution in [2.24, 2.45) is 4.99 Å². The van der Waals surface area contributed by atoms with Crippen molar-refractivity contribution < 1.29 is 19.1 Å². The minimum absolute atomic E-state index is 0.114. The molecule has 3 aromatic carbocycles. The van der Waals surface area contributed by atoms with Gasteiger partial charge >= 0.3 is 0 Å². The fraction of sp³-hybridized carbons (Fsp3) is 0.233. The highest BCUT2D eigenvalue weighted by Gasteiger charge is 2.15. The maximum atomic E-state index is 13.0. The Hall–Kier alpha value is -4.17. The largest absolute Gasteiger partial charge is 0.493 e. The van der Waals surface area contributed by atoms with E-state index >= 15 is 0 Å². The molecule has 38 heavy (non-hydrogen) atoms. The van der Waals surface area contributed by atoms with Crippen LogP contribution in [0.15, 0.2) is 77.8 Å². The van der Waals surface area contributed by atoms with E-state index in [4.69, 9.17) is 9.47 Å². The third-order valence-corrected chi connectivity index (χ3v) is 7.49. The number of ether oxygens (including phenoxy) is 2. The van der Waals surface area contributed by atoms with Gasteiger partial charge in [-0.1, -0.05) is 42.5 Å². The number of carbonyl (C=O) groups excluding carboxylic acids is 2. The summed E-state index contributed by atoms with van der Waals surface area (Å²) in [5.74, 6) is 0.504. The zero-order valence-corrected chi connectivity index (χ0v) is 23.0. The average molecular weight is 530 g/mol. The summed E-state index contributed by atoms with van der Waals surface area (Å²) in [6.45, 7) is 6.45. The van der Waals surface area contributed by atoms with Crippen molar-refractivity contribution in [1.29, 1.82) is 0 Å². The molecule has 4 rings (SSSR count). The van der Waals surface area contributed by atoms with E-state index in [2.05, 4.69) is 10.3 Å². The van der Waals surface area contributed by atoms with Gasteiger partial charge in [-0.25, -0.2) is 0 Å². The molecule has 0 bridgehead atoms. The number of amides is 2. The van der Waals surface area contributed by atoms with E-state index in [9.17, 15) is 9.59 Å². The van der Waals surface area contributed by atoms with Crippen LogP contribution in [0.2, 0.25) is 0 Å². The first-order chi connectivity index (χ1) is 18.3. The lowest BCUT2D eigenvalue weighted by molar-refractivity contribution is 0.0938. The summed E-state index contributed by atoms with van der Waals surface area (Å²) in [5, 5.41) is 3.07. The van der Waals surface area contributed by atoms with Gasteiger partial charge < -0.3 is 19.4 Å². The molecule has 8 heteroatoms. The summed E-state index contributed by atoms with van der Waals surface area (Å²) < 4.78 is 12.6. The first-order valence-electron chi connectivity index (χ1n) is 12.2. The van der Waals surface area contributed by atoms with Gasteiger partial charge in [-0.05, 0) is 62.2 Å². The number of carbonyl (C=O) groups is 2. The van der Waals surface area contributed by atoms with Crippen LogP contribution in [-0.4, -0.2) is 30.6 Å². The molecule has 1 atom stereocenters. The molecule has 0 aliphatic rings. The van der Waals surface area contributed by atoms with Crippen LogP contribution in [0.4, 0.5) is 0 Å². The number of rotatable bonds is 8. The average Bonchev–Trinajstić information content (AvgIpc) is 3.20. The molecule has 0 unspecified atom stereocenters. The number of nitrogens with zero attached hydrogens (tertiary/aromatic N) is 2. The van der Waals surface area contributed by atoms with Crippen LogP contribution in [0, 0.1) is 13.8 Å². The molecule has 1 heterocycles. The second-order valence-electron chi connectivity index (χ2n) is 8.91. The quantitative estimate of drug-likeness (QED) is 0.328. The van der Waals surface area contributed by atoms with Crippen molar-refractivity contribution in [3.05, 3.63) is 110 Å². The minimum atomic E-state index is -0.371. The molecule has 1 aromatic heterocycles. The predicted molar refractivity (Wildman–Crippen MR) is 149 cm³/mol. The molecule has 2 amide bonds. The smallest absolute Gasteiger partial charge is 0.279 e. The van der Waals surface area contributed by atoms with Crippen LogP contribution in [0.3, 0.4) is 0 Å². The van der Waals surface area contributed by atoms with E-state index in [0.717, 1.165) is 21.7 Å². The van der Waals surface area contributed by atoms with E-state index in [0.29, 0.717) is 34.0 Å². The number of aryl methyl sites for hydroxylation is 1. The molecule has 0 aliphatic heterocycles. The molecule has 0 saturated heterocycles. The number of methoxy groups -OCH3 is 2. The number of hydrogen-bond acceptors (Lipinski definition) is 5. The van der Waals surface area contributed by atoms with E-state index in [1.54, 1.807) is 31.4 Å². The molecular formula is C30H31N3O4S. The fourth-order valence-corrected chi connectivity index (χ4v) is 5.06. The molecule has 7 nitrogen and oxygen atoms in total. The monoisotopic (exact) mass is 529 g/mol. The molecule has 0 saturated carbocycles. The molecular weight excluding hydrogens is 498 g/mol. The zero-order valence-electron chi connectivity index (χ0n) is 22.1.